The van der Waals surface area contributed by atoms with E-state index in [-0.39, 0.29) is 12.5 Å². The number of likely N-dealkylation sites (N-methyl/N-ethyl adjacent to an activating group) is 1. The van der Waals surface area contributed by atoms with Crippen molar-refractivity contribution in [2.24, 2.45) is 0 Å². The number of para-hydroxylation sites is 1. The molecule has 0 aliphatic carbocycles. The van der Waals surface area contributed by atoms with Gasteiger partial charge in [-0.3, -0.25) is 4.79 Å². The fraction of sp³-hybridized carbons (Fsp3) is 0.462. The molecule has 1 unspecified atom stereocenters. The highest BCUT2D eigenvalue weighted by molar-refractivity contribution is 6.32. The van der Waals surface area contributed by atoms with E-state index in [2.05, 4.69) is 0 Å². The SMILES string of the molecule is CC(O)CCN(C)C(=O)COc1ccccc1Cl. The Hall–Kier alpha value is -1.26. The molecule has 1 aromatic carbocycles. The van der Waals surface area contributed by atoms with Crippen LogP contribution in [0.3, 0.4) is 0 Å². The summed E-state index contributed by atoms with van der Waals surface area (Å²) in [6.45, 7) is 2.14. The molecule has 0 heterocycles. The van der Waals surface area contributed by atoms with Crippen LogP contribution in [-0.2, 0) is 4.79 Å². The summed E-state index contributed by atoms with van der Waals surface area (Å²) in [6, 6.07) is 7.01. The van der Waals surface area contributed by atoms with Gasteiger partial charge in [-0.25, -0.2) is 0 Å². The van der Waals surface area contributed by atoms with Crippen molar-refractivity contribution in [3.63, 3.8) is 0 Å². The van der Waals surface area contributed by atoms with Gasteiger partial charge in [-0.05, 0) is 25.5 Å². The summed E-state index contributed by atoms with van der Waals surface area (Å²) in [5.41, 5.74) is 0. The largest absolute Gasteiger partial charge is 0.482 e. The average Bonchev–Trinajstić information content (AvgIpc) is 2.34. The van der Waals surface area contributed by atoms with Crippen LogP contribution in [0.2, 0.25) is 5.02 Å². The highest BCUT2D eigenvalue weighted by Gasteiger charge is 2.11. The zero-order valence-corrected chi connectivity index (χ0v) is 11.4. The third-order valence-corrected chi connectivity index (χ3v) is 2.81. The van der Waals surface area contributed by atoms with E-state index in [1.807, 2.05) is 0 Å². The average molecular weight is 272 g/mol. The van der Waals surface area contributed by atoms with Crippen molar-refractivity contribution in [1.82, 2.24) is 4.90 Å². The van der Waals surface area contributed by atoms with Crippen molar-refractivity contribution < 1.29 is 14.6 Å². The molecule has 1 rings (SSSR count). The first-order valence-corrected chi connectivity index (χ1v) is 6.18. The van der Waals surface area contributed by atoms with E-state index >= 15 is 0 Å². The molecule has 5 heteroatoms. The van der Waals surface area contributed by atoms with Gasteiger partial charge in [-0.1, -0.05) is 23.7 Å². The van der Waals surface area contributed by atoms with Crippen LogP contribution in [0.5, 0.6) is 5.75 Å². The van der Waals surface area contributed by atoms with Gasteiger partial charge in [-0.2, -0.15) is 0 Å². The van der Waals surface area contributed by atoms with Gasteiger partial charge in [0.15, 0.2) is 6.61 Å². The molecule has 18 heavy (non-hydrogen) atoms. The number of halogens is 1. The van der Waals surface area contributed by atoms with Gasteiger partial charge in [0.1, 0.15) is 5.75 Å². The van der Waals surface area contributed by atoms with E-state index in [0.29, 0.717) is 23.7 Å². The Labute approximate surface area is 112 Å². The first-order chi connectivity index (χ1) is 8.50. The molecule has 0 aliphatic rings. The van der Waals surface area contributed by atoms with Gasteiger partial charge >= 0.3 is 0 Å². The topological polar surface area (TPSA) is 49.8 Å². The van der Waals surface area contributed by atoms with E-state index in [0.717, 1.165) is 0 Å². The molecule has 4 nitrogen and oxygen atoms in total. The van der Waals surface area contributed by atoms with Crippen molar-refractivity contribution in [2.45, 2.75) is 19.4 Å². The number of hydrogen-bond acceptors (Lipinski definition) is 3. The van der Waals surface area contributed by atoms with Crippen molar-refractivity contribution in [3.05, 3.63) is 29.3 Å². The number of ether oxygens (including phenoxy) is 1. The van der Waals surface area contributed by atoms with Crippen molar-refractivity contribution in [3.8, 4) is 5.75 Å². The van der Waals surface area contributed by atoms with Crippen LogP contribution < -0.4 is 4.74 Å². The van der Waals surface area contributed by atoms with Gasteiger partial charge in [0.05, 0.1) is 11.1 Å². The minimum Gasteiger partial charge on any atom is -0.482 e. The predicted molar refractivity (Wildman–Crippen MR) is 70.9 cm³/mol. The summed E-state index contributed by atoms with van der Waals surface area (Å²) < 4.78 is 5.34. The monoisotopic (exact) mass is 271 g/mol. The maximum absolute atomic E-state index is 11.7. The van der Waals surface area contributed by atoms with Gasteiger partial charge in [0.25, 0.3) is 5.91 Å². The number of hydrogen-bond donors (Lipinski definition) is 1. The molecular formula is C13H18ClNO3. The molecule has 0 saturated carbocycles. The molecule has 0 bridgehead atoms. The second kappa shape index (κ2) is 7.24. The summed E-state index contributed by atoms with van der Waals surface area (Å²) in [4.78, 5) is 13.2. The molecule has 1 amide bonds. The maximum Gasteiger partial charge on any atom is 0.260 e. The number of aliphatic hydroxyl groups excluding tert-OH is 1. The fourth-order valence-corrected chi connectivity index (χ4v) is 1.51. The number of aliphatic hydroxyl groups is 1. The van der Waals surface area contributed by atoms with E-state index in [4.69, 9.17) is 21.4 Å². The first kappa shape index (κ1) is 14.8. The molecule has 100 valence electrons. The molecule has 1 N–H and O–H groups in total. The molecule has 1 aromatic rings. The molecule has 0 aliphatic heterocycles. The van der Waals surface area contributed by atoms with E-state index in [9.17, 15) is 4.79 Å². The van der Waals surface area contributed by atoms with Gasteiger partial charge < -0.3 is 14.7 Å². The number of carbonyl (C=O) groups is 1. The quantitative estimate of drug-likeness (QED) is 0.860. The highest BCUT2D eigenvalue weighted by atomic mass is 35.5. The summed E-state index contributed by atoms with van der Waals surface area (Å²) in [7, 11) is 1.68. The van der Waals surface area contributed by atoms with Gasteiger partial charge in [-0.15, -0.1) is 0 Å². The second-order valence-electron chi connectivity index (χ2n) is 4.17. The number of rotatable bonds is 6. The molecule has 0 radical (unpaired) electrons. The second-order valence-corrected chi connectivity index (χ2v) is 4.58. The Morgan fingerprint density at radius 3 is 2.78 bits per heavy atom. The predicted octanol–water partition coefficient (Wildman–Crippen LogP) is 1.95. The minimum atomic E-state index is -0.412. The van der Waals surface area contributed by atoms with Crippen LogP contribution in [0.15, 0.2) is 24.3 Å². The maximum atomic E-state index is 11.7. The molecule has 0 aromatic heterocycles. The number of nitrogens with zero attached hydrogens (tertiary/aromatic N) is 1. The van der Waals surface area contributed by atoms with Crippen LogP contribution in [0, 0.1) is 0 Å². The zero-order chi connectivity index (χ0) is 13.5. The molecule has 0 saturated heterocycles. The van der Waals surface area contributed by atoms with Crippen LogP contribution >= 0.6 is 11.6 Å². The zero-order valence-electron chi connectivity index (χ0n) is 10.6. The molecule has 0 fully saturated rings. The Bertz CT molecular complexity index is 396. The van der Waals surface area contributed by atoms with E-state index < -0.39 is 6.10 Å². The Kier molecular flexibility index (Phi) is 5.95. The van der Waals surface area contributed by atoms with E-state index in [1.54, 1.807) is 38.2 Å². The molecule has 1 atom stereocenters. The fourth-order valence-electron chi connectivity index (χ4n) is 1.32. The Balaban J connectivity index is 2.39. The lowest BCUT2D eigenvalue weighted by Gasteiger charge is -2.18. The standard InChI is InChI=1S/C13H18ClNO3/c1-10(16)7-8-15(2)13(17)9-18-12-6-4-3-5-11(12)14/h3-6,10,16H,7-9H2,1-2H3. The normalized spacial score (nSPS) is 12.0. The summed E-state index contributed by atoms with van der Waals surface area (Å²) in [6.07, 6.45) is 0.138. The summed E-state index contributed by atoms with van der Waals surface area (Å²) in [5, 5.41) is 9.62. The van der Waals surface area contributed by atoms with Crippen LogP contribution in [-0.4, -0.2) is 42.2 Å². The van der Waals surface area contributed by atoms with Gasteiger partial charge in [0.2, 0.25) is 0 Å². The first-order valence-electron chi connectivity index (χ1n) is 5.80. The van der Waals surface area contributed by atoms with Crippen LogP contribution in [0.25, 0.3) is 0 Å². The third kappa shape index (κ3) is 4.94. The van der Waals surface area contributed by atoms with Crippen molar-refractivity contribution >= 4 is 17.5 Å². The summed E-state index contributed by atoms with van der Waals surface area (Å²) >= 11 is 5.91. The lowest BCUT2D eigenvalue weighted by molar-refractivity contribution is -0.132. The highest BCUT2D eigenvalue weighted by Crippen LogP contribution is 2.22. The number of carbonyl (C=O) groups excluding carboxylic acids is 1. The van der Waals surface area contributed by atoms with Gasteiger partial charge in [0, 0.05) is 13.6 Å². The van der Waals surface area contributed by atoms with Crippen LogP contribution in [0.1, 0.15) is 13.3 Å². The summed E-state index contributed by atoms with van der Waals surface area (Å²) in [5.74, 6) is 0.354. The van der Waals surface area contributed by atoms with E-state index in [1.165, 1.54) is 4.90 Å². The minimum absolute atomic E-state index is 0.0555. The number of benzene rings is 1. The van der Waals surface area contributed by atoms with Crippen molar-refractivity contribution in [2.75, 3.05) is 20.2 Å². The Morgan fingerprint density at radius 2 is 2.17 bits per heavy atom. The smallest absolute Gasteiger partial charge is 0.260 e. The van der Waals surface area contributed by atoms with Crippen molar-refractivity contribution in [1.29, 1.82) is 0 Å². The lowest BCUT2D eigenvalue weighted by atomic mass is 10.3. The molecule has 0 spiro atoms. The number of amides is 1. The Morgan fingerprint density at radius 1 is 1.50 bits per heavy atom. The lowest BCUT2D eigenvalue weighted by Crippen LogP contribution is -2.33. The van der Waals surface area contributed by atoms with Crippen LogP contribution in [0.4, 0.5) is 0 Å². The molecular weight excluding hydrogens is 254 g/mol. The third-order valence-electron chi connectivity index (χ3n) is 2.50.